The number of aliphatic hydroxyl groups is 1. The fourth-order valence-electron chi connectivity index (χ4n) is 3.38. The van der Waals surface area contributed by atoms with Crippen LogP contribution in [0.2, 0.25) is 0 Å². The van der Waals surface area contributed by atoms with Crippen molar-refractivity contribution in [2.24, 2.45) is 5.92 Å². The standard InChI is InChI=1S/C18H28N2O/c21-14-18(19-17-6-7-17)13-20-10-8-16(9-11-20)12-15-4-2-1-3-5-15/h1-5,16-19,21H,6-14H2. The molecule has 1 saturated heterocycles. The molecule has 1 aliphatic heterocycles. The molecule has 0 amide bonds. The highest BCUT2D eigenvalue weighted by Gasteiger charge is 2.26. The maximum atomic E-state index is 9.49. The van der Waals surface area contributed by atoms with Crippen LogP contribution in [0.3, 0.4) is 0 Å². The van der Waals surface area contributed by atoms with Crippen LogP contribution in [0.4, 0.5) is 0 Å². The molecule has 0 radical (unpaired) electrons. The lowest BCUT2D eigenvalue weighted by Gasteiger charge is -2.34. The first-order chi connectivity index (χ1) is 10.3. The molecule has 1 saturated carbocycles. The summed E-state index contributed by atoms with van der Waals surface area (Å²) < 4.78 is 0. The molecule has 1 heterocycles. The van der Waals surface area contributed by atoms with Crippen LogP contribution in [0.5, 0.6) is 0 Å². The number of piperidine rings is 1. The van der Waals surface area contributed by atoms with E-state index in [1.165, 1.54) is 50.8 Å². The Kier molecular flexibility index (Phi) is 5.28. The second-order valence-electron chi connectivity index (χ2n) is 6.75. The number of rotatable bonds is 7. The van der Waals surface area contributed by atoms with Gasteiger partial charge in [-0.3, -0.25) is 0 Å². The fourth-order valence-corrected chi connectivity index (χ4v) is 3.38. The summed E-state index contributed by atoms with van der Waals surface area (Å²) in [6, 6.07) is 11.8. The predicted octanol–water partition coefficient (Wildman–Crippen LogP) is 2.05. The van der Waals surface area contributed by atoms with Crippen molar-refractivity contribution >= 4 is 0 Å². The molecular formula is C18H28N2O. The first-order valence-electron chi connectivity index (χ1n) is 8.46. The van der Waals surface area contributed by atoms with Gasteiger partial charge in [-0.2, -0.15) is 0 Å². The molecule has 116 valence electrons. The van der Waals surface area contributed by atoms with Gasteiger partial charge in [-0.1, -0.05) is 30.3 Å². The average Bonchev–Trinajstić information content (AvgIpc) is 3.33. The zero-order valence-corrected chi connectivity index (χ0v) is 12.9. The van der Waals surface area contributed by atoms with Crippen molar-refractivity contribution in [3.05, 3.63) is 35.9 Å². The third-order valence-electron chi connectivity index (χ3n) is 4.82. The molecule has 21 heavy (non-hydrogen) atoms. The molecular weight excluding hydrogens is 260 g/mol. The van der Waals surface area contributed by atoms with E-state index in [-0.39, 0.29) is 12.6 Å². The van der Waals surface area contributed by atoms with Crippen LogP contribution in [0, 0.1) is 5.92 Å². The van der Waals surface area contributed by atoms with Crippen LogP contribution in [0.25, 0.3) is 0 Å². The van der Waals surface area contributed by atoms with Gasteiger partial charge in [0, 0.05) is 18.6 Å². The lowest BCUT2D eigenvalue weighted by atomic mass is 9.90. The first-order valence-corrected chi connectivity index (χ1v) is 8.46. The molecule has 2 aliphatic rings. The summed E-state index contributed by atoms with van der Waals surface area (Å²) in [5.41, 5.74) is 1.47. The number of nitrogens with one attached hydrogen (secondary N) is 1. The van der Waals surface area contributed by atoms with Gasteiger partial charge in [0.05, 0.1) is 6.61 Å². The van der Waals surface area contributed by atoms with Gasteiger partial charge >= 0.3 is 0 Å². The fraction of sp³-hybridized carbons (Fsp3) is 0.667. The second-order valence-corrected chi connectivity index (χ2v) is 6.75. The summed E-state index contributed by atoms with van der Waals surface area (Å²) in [7, 11) is 0. The highest BCUT2D eigenvalue weighted by atomic mass is 16.3. The number of hydrogen-bond donors (Lipinski definition) is 2. The van der Waals surface area contributed by atoms with Crippen LogP contribution in [-0.4, -0.2) is 48.3 Å². The second kappa shape index (κ2) is 7.39. The molecule has 1 aromatic rings. The molecule has 3 heteroatoms. The molecule has 2 N–H and O–H groups in total. The molecule has 0 bridgehead atoms. The smallest absolute Gasteiger partial charge is 0.0597 e. The van der Waals surface area contributed by atoms with Crippen molar-refractivity contribution in [2.75, 3.05) is 26.2 Å². The van der Waals surface area contributed by atoms with Gasteiger partial charge in [0.1, 0.15) is 0 Å². The lowest BCUT2D eigenvalue weighted by Crippen LogP contribution is -2.46. The van der Waals surface area contributed by atoms with Crippen LogP contribution in [0.1, 0.15) is 31.2 Å². The van der Waals surface area contributed by atoms with Crippen molar-refractivity contribution in [3.63, 3.8) is 0 Å². The third kappa shape index (κ3) is 4.80. The summed E-state index contributed by atoms with van der Waals surface area (Å²) in [6.45, 7) is 3.63. The maximum absolute atomic E-state index is 9.49. The molecule has 1 unspecified atom stereocenters. The van der Waals surface area contributed by atoms with E-state index in [0.29, 0.717) is 6.04 Å². The Balaban J connectivity index is 1.40. The van der Waals surface area contributed by atoms with E-state index < -0.39 is 0 Å². The maximum Gasteiger partial charge on any atom is 0.0597 e. The van der Waals surface area contributed by atoms with E-state index >= 15 is 0 Å². The van der Waals surface area contributed by atoms with Crippen LogP contribution in [0.15, 0.2) is 30.3 Å². The summed E-state index contributed by atoms with van der Waals surface area (Å²) in [5, 5.41) is 13.0. The first kappa shape index (κ1) is 15.0. The number of benzene rings is 1. The van der Waals surface area contributed by atoms with E-state index in [0.717, 1.165) is 12.5 Å². The zero-order valence-electron chi connectivity index (χ0n) is 12.9. The minimum absolute atomic E-state index is 0.264. The van der Waals surface area contributed by atoms with Crippen LogP contribution < -0.4 is 5.32 Å². The van der Waals surface area contributed by atoms with Crippen molar-refractivity contribution in [1.29, 1.82) is 0 Å². The Bertz CT molecular complexity index is 410. The highest BCUT2D eigenvalue weighted by Crippen LogP contribution is 2.23. The van der Waals surface area contributed by atoms with Crippen molar-refractivity contribution in [3.8, 4) is 0 Å². The molecule has 2 fully saturated rings. The minimum Gasteiger partial charge on any atom is -0.395 e. The highest BCUT2D eigenvalue weighted by molar-refractivity contribution is 5.15. The van der Waals surface area contributed by atoms with Gasteiger partial charge in [-0.15, -0.1) is 0 Å². The van der Waals surface area contributed by atoms with E-state index in [4.69, 9.17) is 0 Å². The summed E-state index contributed by atoms with van der Waals surface area (Å²) in [6.07, 6.45) is 6.37. The van der Waals surface area contributed by atoms with Crippen molar-refractivity contribution in [1.82, 2.24) is 10.2 Å². The Hall–Kier alpha value is -0.900. The van der Waals surface area contributed by atoms with Crippen molar-refractivity contribution < 1.29 is 5.11 Å². The van der Waals surface area contributed by atoms with Gasteiger partial charge in [0.2, 0.25) is 0 Å². The molecule has 1 aliphatic carbocycles. The van der Waals surface area contributed by atoms with Crippen LogP contribution in [-0.2, 0) is 6.42 Å². The number of nitrogens with zero attached hydrogens (tertiary/aromatic N) is 1. The van der Waals surface area contributed by atoms with Gasteiger partial charge in [0.25, 0.3) is 0 Å². The molecule has 1 atom stereocenters. The predicted molar refractivity (Wildman–Crippen MR) is 86.3 cm³/mol. The van der Waals surface area contributed by atoms with E-state index in [9.17, 15) is 5.11 Å². The SMILES string of the molecule is OCC(CN1CCC(Cc2ccccc2)CC1)NC1CC1. The van der Waals surface area contributed by atoms with Crippen molar-refractivity contribution in [2.45, 2.75) is 44.2 Å². The monoisotopic (exact) mass is 288 g/mol. The third-order valence-corrected chi connectivity index (χ3v) is 4.82. The summed E-state index contributed by atoms with van der Waals surface area (Å²) in [4.78, 5) is 2.53. The molecule has 1 aromatic carbocycles. The zero-order chi connectivity index (χ0) is 14.5. The van der Waals surface area contributed by atoms with Gasteiger partial charge in [-0.25, -0.2) is 0 Å². The number of aliphatic hydroxyl groups excluding tert-OH is 1. The molecule has 0 aromatic heterocycles. The van der Waals surface area contributed by atoms with Crippen LogP contribution >= 0.6 is 0 Å². The summed E-state index contributed by atoms with van der Waals surface area (Å²) in [5.74, 6) is 0.826. The van der Waals surface area contributed by atoms with E-state index in [2.05, 4.69) is 40.5 Å². The van der Waals surface area contributed by atoms with Gasteiger partial charge < -0.3 is 15.3 Å². The van der Waals surface area contributed by atoms with Gasteiger partial charge in [0.15, 0.2) is 0 Å². The number of likely N-dealkylation sites (tertiary alicyclic amines) is 1. The van der Waals surface area contributed by atoms with E-state index in [1.807, 2.05) is 0 Å². The average molecular weight is 288 g/mol. The Morgan fingerprint density at radius 1 is 1.10 bits per heavy atom. The largest absolute Gasteiger partial charge is 0.395 e. The Morgan fingerprint density at radius 2 is 1.81 bits per heavy atom. The normalized spacial score (nSPS) is 22.3. The van der Waals surface area contributed by atoms with Gasteiger partial charge in [-0.05, 0) is 56.7 Å². The molecule has 0 spiro atoms. The lowest BCUT2D eigenvalue weighted by molar-refractivity contribution is 0.141. The Labute approximate surface area is 128 Å². The number of hydrogen-bond acceptors (Lipinski definition) is 3. The molecule has 3 rings (SSSR count). The summed E-state index contributed by atoms with van der Waals surface area (Å²) >= 11 is 0. The minimum atomic E-state index is 0.264. The van der Waals surface area contributed by atoms with E-state index in [1.54, 1.807) is 0 Å². The topological polar surface area (TPSA) is 35.5 Å². The quantitative estimate of drug-likeness (QED) is 0.806. The Morgan fingerprint density at radius 3 is 2.43 bits per heavy atom. The molecule has 3 nitrogen and oxygen atoms in total.